The number of rotatable bonds is 17. The van der Waals surface area contributed by atoms with Crippen molar-refractivity contribution in [2.75, 3.05) is 52.5 Å². The molecule has 0 aliphatic carbocycles. The first-order chi connectivity index (χ1) is 21.6. The van der Waals surface area contributed by atoms with E-state index in [9.17, 15) is 9.59 Å². The van der Waals surface area contributed by atoms with Crippen molar-refractivity contribution in [3.63, 3.8) is 0 Å². The van der Waals surface area contributed by atoms with Crippen molar-refractivity contribution >= 4 is 11.6 Å². The van der Waals surface area contributed by atoms with Crippen molar-refractivity contribution in [3.05, 3.63) is 59.7 Å². The molecular formula is C38H58N2O4+2. The summed E-state index contributed by atoms with van der Waals surface area (Å²) >= 11 is 0. The Kier molecular flexibility index (Phi) is 14.7. The standard InChI is InChI=1S/C38H56N2O4/c1-3-27-43-35-19-15-31(16-20-35)37(41)33(29-39-23-9-5-6-10-24-39)13-14-34(30-40-25-11-7-8-12-26-40)38(42)32-17-21-36(22-18-32)44-28-4-2/h15-22,33-34H,3-14,23-30H2,1-2H3/p+2. The van der Waals surface area contributed by atoms with Gasteiger partial charge in [0.05, 0.1) is 64.3 Å². The van der Waals surface area contributed by atoms with Crippen molar-refractivity contribution < 1.29 is 28.9 Å². The minimum absolute atomic E-state index is 0.0928. The number of Topliss-reactive ketones (excluding diaryl/α,β-unsaturated/α-hetero) is 2. The lowest BCUT2D eigenvalue weighted by molar-refractivity contribution is -0.902. The van der Waals surface area contributed by atoms with Gasteiger partial charge in [0.15, 0.2) is 11.6 Å². The molecule has 0 aromatic heterocycles. The molecule has 2 atom stereocenters. The molecule has 2 aromatic carbocycles. The summed E-state index contributed by atoms with van der Waals surface area (Å²) in [5, 5.41) is 0. The van der Waals surface area contributed by atoms with Gasteiger partial charge in [0.25, 0.3) is 0 Å². The molecule has 2 aliphatic rings. The zero-order valence-corrected chi connectivity index (χ0v) is 27.5. The number of nitrogens with one attached hydrogen (secondary N) is 2. The van der Waals surface area contributed by atoms with Crippen molar-refractivity contribution in [3.8, 4) is 11.5 Å². The van der Waals surface area contributed by atoms with Crippen LogP contribution in [-0.2, 0) is 0 Å². The molecule has 0 amide bonds. The van der Waals surface area contributed by atoms with Gasteiger partial charge in [-0.15, -0.1) is 0 Å². The Morgan fingerprint density at radius 2 is 0.909 bits per heavy atom. The number of benzene rings is 2. The van der Waals surface area contributed by atoms with E-state index in [0.29, 0.717) is 13.2 Å². The predicted octanol–water partition coefficient (Wildman–Crippen LogP) is 5.26. The summed E-state index contributed by atoms with van der Waals surface area (Å²) in [6, 6.07) is 15.5. The van der Waals surface area contributed by atoms with E-state index < -0.39 is 0 Å². The van der Waals surface area contributed by atoms with Gasteiger partial charge < -0.3 is 19.3 Å². The first-order valence-electron chi connectivity index (χ1n) is 17.8. The van der Waals surface area contributed by atoms with Gasteiger partial charge in [-0.2, -0.15) is 0 Å². The molecular weight excluding hydrogens is 548 g/mol. The van der Waals surface area contributed by atoms with E-state index in [2.05, 4.69) is 13.8 Å². The van der Waals surface area contributed by atoms with Crippen LogP contribution < -0.4 is 19.3 Å². The summed E-state index contributed by atoms with van der Waals surface area (Å²) < 4.78 is 11.6. The lowest BCUT2D eigenvalue weighted by atomic mass is 9.86. The second kappa shape index (κ2) is 19.0. The molecule has 4 rings (SSSR count). The van der Waals surface area contributed by atoms with Crippen molar-refractivity contribution in [2.24, 2.45) is 11.8 Å². The summed E-state index contributed by atoms with van der Waals surface area (Å²) in [4.78, 5) is 31.3. The van der Waals surface area contributed by atoms with Crippen LogP contribution in [0.3, 0.4) is 0 Å². The van der Waals surface area contributed by atoms with Crippen LogP contribution >= 0.6 is 0 Å². The Labute approximate surface area is 266 Å². The first-order valence-corrected chi connectivity index (χ1v) is 17.8. The largest absolute Gasteiger partial charge is 0.494 e. The quantitative estimate of drug-likeness (QED) is 0.241. The summed E-state index contributed by atoms with van der Waals surface area (Å²) in [7, 11) is 0. The van der Waals surface area contributed by atoms with Gasteiger partial charge >= 0.3 is 0 Å². The predicted molar refractivity (Wildman–Crippen MR) is 177 cm³/mol. The van der Waals surface area contributed by atoms with Crippen LogP contribution in [0.4, 0.5) is 0 Å². The van der Waals surface area contributed by atoms with Crippen molar-refractivity contribution in [1.29, 1.82) is 0 Å². The molecule has 2 N–H and O–H groups in total. The van der Waals surface area contributed by atoms with E-state index in [0.717, 1.165) is 87.6 Å². The minimum Gasteiger partial charge on any atom is -0.494 e. The van der Waals surface area contributed by atoms with Gasteiger partial charge in [-0.3, -0.25) is 9.59 Å². The van der Waals surface area contributed by atoms with Gasteiger partial charge in [-0.25, -0.2) is 0 Å². The number of likely N-dealkylation sites (tertiary alicyclic amines) is 2. The molecule has 2 fully saturated rings. The summed E-state index contributed by atoms with van der Waals surface area (Å²) in [5.74, 6) is 1.88. The Bertz CT molecular complexity index is 1010. The Balaban J connectivity index is 1.52. The molecule has 0 spiro atoms. The maximum absolute atomic E-state index is 14.1. The van der Waals surface area contributed by atoms with Crippen LogP contribution in [0.1, 0.15) is 112 Å². The maximum Gasteiger partial charge on any atom is 0.171 e. The van der Waals surface area contributed by atoms with E-state index in [-0.39, 0.29) is 23.4 Å². The highest BCUT2D eigenvalue weighted by Gasteiger charge is 2.31. The lowest BCUT2D eigenvalue weighted by Crippen LogP contribution is -3.12. The summed E-state index contributed by atoms with van der Waals surface area (Å²) in [6.07, 6.45) is 13.5. The van der Waals surface area contributed by atoms with Crippen molar-refractivity contribution in [1.82, 2.24) is 0 Å². The van der Waals surface area contributed by atoms with Crippen molar-refractivity contribution in [2.45, 2.75) is 90.9 Å². The lowest BCUT2D eigenvalue weighted by Gasteiger charge is -2.26. The Morgan fingerprint density at radius 1 is 0.568 bits per heavy atom. The molecule has 6 heteroatoms. The molecule has 0 radical (unpaired) electrons. The number of ketones is 2. The topological polar surface area (TPSA) is 61.5 Å². The van der Waals surface area contributed by atoms with E-state index in [1.807, 2.05) is 48.5 Å². The number of carbonyl (C=O) groups excluding carboxylic acids is 2. The number of hydrogen-bond acceptors (Lipinski definition) is 4. The van der Waals surface area contributed by atoms with E-state index in [4.69, 9.17) is 9.47 Å². The van der Waals surface area contributed by atoms with Crippen LogP contribution in [0.15, 0.2) is 48.5 Å². The molecule has 2 heterocycles. The third kappa shape index (κ3) is 11.0. The third-order valence-electron chi connectivity index (χ3n) is 9.52. The third-order valence-corrected chi connectivity index (χ3v) is 9.52. The molecule has 6 nitrogen and oxygen atoms in total. The average molecular weight is 607 g/mol. The fourth-order valence-electron chi connectivity index (χ4n) is 6.96. The molecule has 2 unspecified atom stereocenters. The highest BCUT2D eigenvalue weighted by atomic mass is 16.5. The highest BCUT2D eigenvalue weighted by molar-refractivity contribution is 5.99. The van der Waals surface area contributed by atoms with Crippen LogP contribution in [-0.4, -0.2) is 64.0 Å². The van der Waals surface area contributed by atoms with Crippen LogP contribution in [0.2, 0.25) is 0 Å². The van der Waals surface area contributed by atoms with Gasteiger partial charge in [-0.05, 0) is 126 Å². The number of hydrogen-bond donors (Lipinski definition) is 2. The first kappa shape index (κ1) is 34.2. The zero-order chi connectivity index (χ0) is 31.0. The molecule has 2 saturated heterocycles. The molecule has 0 saturated carbocycles. The summed E-state index contributed by atoms with van der Waals surface area (Å²) in [5.41, 5.74) is 1.52. The monoisotopic (exact) mass is 606 g/mol. The highest BCUT2D eigenvalue weighted by Crippen LogP contribution is 2.23. The average Bonchev–Trinajstić information content (AvgIpc) is 3.49. The Morgan fingerprint density at radius 3 is 1.23 bits per heavy atom. The normalized spacial score (nSPS) is 18.1. The number of carbonyl (C=O) groups is 2. The second-order valence-corrected chi connectivity index (χ2v) is 13.2. The minimum atomic E-state index is -0.0928. The van der Waals surface area contributed by atoms with E-state index in [1.54, 1.807) is 9.80 Å². The molecule has 2 aromatic rings. The van der Waals surface area contributed by atoms with E-state index in [1.165, 1.54) is 51.4 Å². The molecule has 242 valence electrons. The fraction of sp³-hybridized carbons (Fsp3) is 0.632. The second-order valence-electron chi connectivity index (χ2n) is 13.2. The SMILES string of the molecule is CCCOc1ccc(C(=O)C(CCC(C[NH+]2CCCCCC2)C(=O)c2ccc(OCCC)cc2)C[NH+]2CCCCCC2)cc1. The van der Waals surface area contributed by atoms with Crippen LogP contribution in [0, 0.1) is 11.8 Å². The molecule has 2 aliphatic heterocycles. The summed E-state index contributed by atoms with van der Waals surface area (Å²) in [6.45, 7) is 11.8. The maximum atomic E-state index is 14.1. The van der Waals surface area contributed by atoms with Gasteiger partial charge in [0.2, 0.25) is 0 Å². The zero-order valence-electron chi connectivity index (χ0n) is 27.5. The Hall–Kier alpha value is -2.70. The van der Waals surface area contributed by atoms with Gasteiger partial charge in [0, 0.05) is 11.1 Å². The van der Waals surface area contributed by atoms with Crippen LogP contribution in [0.5, 0.6) is 11.5 Å². The van der Waals surface area contributed by atoms with Gasteiger partial charge in [-0.1, -0.05) is 13.8 Å². The fourth-order valence-corrected chi connectivity index (χ4v) is 6.96. The number of quaternary nitrogens is 2. The van der Waals surface area contributed by atoms with Crippen LogP contribution in [0.25, 0.3) is 0 Å². The molecule has 0 bridgehead atoms. The number of ether oxygens (including phenoxy) is 2. The van der Waals surface area contributed by atoms with Gasteiger partial charge in [0.1, 0.15) is 11.5 Å². The smallest absolute Gasteiger partial charge is 0.171 e. The van der Waals surface area contributed by atoms with E-state index >= 15 is 0 Å². The molecule has 44 heavy (non-hydrogen) atoms.